The first-order valence-electron chi connectivity index (χ1n) is 6.79. The summed E-state index contributed by atoms with van der Waals surface area (Å²) < 4.78 is 13.0. The van der Waals surface area contributed by atoms with Gasteiger partial charge in [0.25, 0.3) is 0 Å². The van der Waals surface area contributed by atoms with Gasteiger partial charge in [-0.25, -0.2) is 4.39 Å². The molecule has 0 N–H and O–H groups in total. The largest absolute Gasteiger partial charge is 0.342 e. The number of hydrogen-bond donors (Lipinski definition) is 0. The minimum absolute atomic E-state index is 0.231. The van der Waals surface area contributed by atoms with Crippen LogP contribution < -0.4 is 0 Å². The highest BCUT2D eigenvalue weighted by Crippen LogP contribution is 2.17. The highest BCUT2D eigenvalue weighted by molar-refractivity contribution is 5.78. The summed E-state index contributed by atoms with van der Waals surface area (Å²) in [5.41, 5.74) is 0. The maximum absolute atomic E-state index is 13.0. The van der Waals surface area contributed by atoms with E-state index in [1.54, 1.807) is 0 Å². The molecule has 0 aromatic carbocycles. The number of piperidine rings is 2. The van der Waals surface area contributed by atoms with Crippen molar-refractivity contribution in [1.82, 2.24) is 9.80 Å². The molecule has 2 aliphatic rings. The van der Waals surface area contributed by atoms with Crippen LogP contribution in [0.25, 0.3) is 0 Å². The number of alkyl halides is 1. The molecule has 0 atom stereocenters. The molecule has 98 valence electrons. The number of nitrogens with zero attached hydrogens (tertiary/aromatic N) is 2. The third-order valence-electron chi connectivity index (χ3n) is 4.01. The van der Waals surface area contributed by atoms with Crippen molar-refractivity contribution < 1.29 is 9.18 Å². The van der Waals surface area contributed by atoms with Crippen LogP contribution in [0.4, 0.5) is 4.39 Å². The van der Waals surface area contributed by atoms with Crippen LogP contribution in [0.5, 0.6) is 0 Å². The van der Waals surface area contributed by atoms with Crippen LogP contribution in [-0.4, -0.2) is 54.6 Å². The zero-order valence-electron chi connectivity index (χ0n) is 10.7. The second-order valence-electron chi connectivity index (χ2n) is 5.51. The first-order chi connectivity index (χ1) is 8.15. The number of carbonyl (C=O) groups is 1. The number of likely N-dealkylation sites (tertiary alicyclic amines) is 2. The van der Waals surface area contributed by atoms with Crippen molar-refractivity contribution in [2.75, 3.05) is 32.7 Å². The Bertz CT molecular complexity index is 256. The van der Waals surface area contributed by atoms with Crippen LogP contribution in [-0.2, 0) is 4.79 Å². The molecule has 3 nitrogen and oxygen atoms in total. The van der Waals surface area contributed by atoms with Crippen LogP contribution in [0.3, 0.4) is 0 Å². The quantitative estimate of drug-likeness (QED) is 0.735. The fourth-order valence-corrected chi connectivity index (χ4v) is 2.61. The molecule has 0 aromatic heterocycles. The predicted molar refractivity (Wildman–Crippen MR) is 65.5 cm³/mol. The Morgan fingerprint density at radius 3 is 2.29 bits per heavy atom. The SMILES string of the molecule is CC1CCN(C(=O)CN2CCC(F)CC2)CC1. The van der Waals surface area contributed by atoms with Crippen LogP contribution >= 0.6 is 0 Å². The van der Waals surface area contributed by atoms with Gasteiger partial charge in [0, 0.05) is 26.2 Å². The molecule has 0 aliphatic carbocycles. The predicted octanol–water partition coefficient (Wildman–Crippen LogP) is 1.68. The molecule has 0 bridgehead atoms. The van der Waals surface area contributed by atoms with Crippen LogP contribution in [0.1, 0.15) is 32.6 Å². The molecule has 2 heterocycles. The van der Waals surface area contributed by atoms with Crippen molar-refractivity contribution >= 4 is 5.91 Å². The highest BCUT2D eigenvalue weighted by Gasteiger charge is 2.24. The second kappa shape index (κ2) is 5.80. The number of amides is 1. The minimum Gasteiger partial charge on any atom is -0.342 e. The Morgan fingerprint density at radius 2 is 1.71 bits per heavy atom. The fraction of sp³-hybridized carbons (Fsp3) is 0.923. The topological polar surface area (TPSA) is 23.6 Å². The maximum Gasteiger partial charge on any atom is 0.236 e. The summed E-state index contributed by atoms with van der Waals surface area (Å²) in [4.78, 5) is 16.1. The van der Waals surface area contributed by atoms with Crippen molar-refractivity contribution in [3.05, 3.63) is 0 Å². The lowest BCUT2D eigenvalue weighted by molar-refractivity contribution is -0.134. The van der Waals surface area contributed by atoms with Crippen molar-refractivity contribution in [2.45, 2.75) is 38.8 Å². The molecule has 0 saturated carbocycles. The second-order valence-corrected chi connectivity index (χ2v) is 5.51. The molecular formula is C13H23FN2O. The van der Waals surface area contributed by atoms with Gasteiger partial charge < -0.3 is 4.90 Å². The fourth-order valence-electron chi connectivity index (χ4n) is 2.61. The average molecular weight is 242 g/mol. The van der Waals surface area contributed by atoms with Gasteiger partial charge in [-0.1, -0.05) is 6.92 Å². The summed E-state index contributed by atoms with van der Waals surface area (Å²) >= 11 is 0. The number of rotatable bonds is 2. The Kier molecular flexibility index (Phi) is 4.37. The molecule has 2 fully saturated rings. The van der Waals surface area contributed by atoms with Gasteiger partial charge in [-0.2, -0.15) is 0 Å². The average Bonchev–Trinajstić information content (AvgIpc) is 2.33. The molecule has 0 radical (unpaired) electrons. The van der Waals surface area contributed by atoms with E-state index in [9.17, 15) is 9.18 Å². The molecular weight excluding hydrogens is 219 g/mol. The lowest BCUT2D eigenvalue weighted by Crippen LogP contribution is -2.46. The van der Waals surface area contributed by atoms with Crippen molar-refractivity contribution in [1.29, 1.82) is 0 Å². The Morgan fingerprint density at radius 1 is 1.12 bits per heavy atom. The molecule has 0 aromatic rings. The van der Waals surface area contributed by atoms with Crippen LogP contribution in [0, 0.1) is 5.92 Å². The van der Waals surface area contributed by atoms with E-state index in [1.165, 1.54) is 0 Å². The van der Waals surface area contributed by atoms with Gasteiger partial charge in [-0.15, -0.1) is 0 Å². The van der Waals surface area contributed by atoms with Crippen molar-refractivity contribution in [3.63, 3.8) is 0 Å². The summed E-state index contributed by atoms with van der Waals surface area (Å²) in [6, 6.07) is 0. The normalized spacial score (nSPS) is 25.2. The summed E-state index contributed by atoms with van der Waals surface area (Å²) in [7, 11) is 0. The van der Waals surface area contributed by atoms with E-state index in [1.807, 2.05) is 4.90 Å². The van der Waals surface area contributed by atoms with E-state index in [0.29, 0.717) is 19.4 Å². The smallest absolute Gasteiger partial charge is 0.236 e. The van der Waals surface area contributed by atoms with E-state index < -0.39 is 6.17 Å². The molecule has 4 heteroatoms. The standard InChI is InChI=1S/C13H23FN2O/c1-11-2-8-16(9-3-11)13(17)10-15-6-4-12(14)5-7-15/h11-12H,2-10H2,1H3. The lowest BCUT2D eigenvalue weighted by Gasteiger charge is -2.34. The number of carbonyl (C=O) groups excluding carboxylic acids is 1. The molecule has 2 aliphatic heterocycles. The van der Waals surface area contributed by atoms with E-state index in [-0.39, 0.29) is 5.91 Å². The summed E-state index contributed by atoms with van der Waals surface area (Å²) in [5.74, 6) is 0.982. The van der Waals surface area contributed by atoms with Gasteiger partial charge >= 0.3 is 0 Å². The van der Waals surface area contributed by atoms with Gasteiger partial charge in [0.1, 0.15) is 6.17 Å². The highest BCUT2D eigenvalue weighted by atomic mass is 19.1. The zero-order valence-corrected chi connectivity index (χ0v) is 10.7. The Labute approximate surface area is 103 Å². The van der Waals surface area contributed by atoms with Gasteiger partial charge in [0.05, 0.1) is 6.54 Å². The summed E-state index contributed by atoms with van der Waals surface area (Å²) in [6.07, 6.45) is 2.77. The zero-order chi connectivity index (χ0) is 12.3. The molecule has 17 heavy (non-hydrogen) atoms. The lowest BCUT2D eigenvalue weighted by atomic mass is 9.99. The molecule has 2 rings (SSSR count). The summed E-state index contributed by atoms with van der Waals surface area (Å²) in [5, 5.41) is 0. The van der Waals surface area contributed by atoms with E-state index in [2.05, 4.69) is 11.8 Å². The molecule has 0 unspecified atom stereocenters. The summed E-state index contributed by atoms with van der Waals surface area (Å²) in [6.45, 7) is 6.00. The molecule has 2 saturated heterocycles. The Hall–Kier alpha value is -0.640. The van der Waals surface area contributed by atoms with Gasteiger partial charge in [-0.05, 0) is 31.6 Å². The molecule has 0 spiro atoms. The van der Waals surface area contributed by atoms with E-state index >= 15 is 0 Å². The van der Waals surface area contributed by atoms with Crippen molar-refractivity contribution in [3.8, 4) is 0 Å². The van der Waals surface area contributed by atoms with Gasteiger partial charge in [0.15, 0.2) is 0 Å². The maximum atomic E-state index is 13.0. The Balaban J connectivity index is 1.73. The first-order valence-corrected chi connectivity index (χ1v) is 6.79. The monoisotopic (exact) mass is 242 g/mol. The minimum atomic E-state index is -0.655. The third kappa shape index (κ3) is 3.66. The first kappa shape index (κ1) is 12.8. The number of halogens is 1. The number of hydrogen-bond acceptors (Lipinski definition) is 2. The van der Waals surface area contributed by atoms with Gasteiger partial charge in [0.2, 0.25) is 5.91 Å². The van der Waals surface area contributed by atoms with E-state index in [4.69, 9.17) is 0 Å². The van der Waals surface area contributed by atoms with Crippen LogP contribution in [0.15, 0.2) is 0 Å². The van der Waals surface area contributed by atoms with Crippen LogP contribution in [0.2, 0.25) is 0 Å². The van der Waals surface area contributed by atoms with E-state index in [0.717, 1.165) is 44.9 Å². The third-order valence-corrected chi connectivity index (χ3v) is 4.01. The molecule has 1 amide bonds. The van der Waals surface area contributed by atoms with Crippen molar-refractivity contribution in [2.24, 2.45) is 5.92 Å². The van der Waals surface area contributed by atoms with Gasteiger partial charge in [-0.3, -0.25) is 9.69 Å².